The second-order valence-electron chi connectivity index (χ2n) is 5.55. The number of nitrogens with zero attached hydrogens (tertiary/aromatic N) is 2. The summed E-state index contributed by atoms with van der Waals surface area (Å²) in [6.45, 7) is 2.22. The Bertz CT molecular complexity index is 715. The number of rotatable bonds is 4. The molecule has 0 aliphatic carbocycles. The molecule has 2 heterocycles. The maximum absolute atomic E-state index is 12.6. The Morgan fingerprint density at radius 3 is 2.83 bits per heavy atom. The first-order valence-corrected chi connectivity index (χ1v) is 7.77. The largest absolute Gasteiger partial charge is 0.350 e. The van der Waals surface area contributed by atoms with Gasteiger partial charge in [0.05, 0.1) is 0 Å². The van der Waals surface area contributed by atoms with Gasteiger partial charge in [0.1, 0.15) is 6.04 Å². The summed E-state index contributed by atoms with van der Waals surface area (Å²) in [5, 5.41) is 2.91. The van der Waals surface area contributed by atoms with Crippen molar-refractivity contribution in [3.8, 4) is 0 Å². The minimum atomic E-state index is -0.475. The van der Waals surface area contributed by atoms with Crippen LogP contribution in [0.2, 0.25) is 0 Å². The molecule has 5 heteroatoms. The Kier molecular flexibility index (Phi) is 4.37. The van der Waals surface area contributed by atoms with Crippen molar-refractivity contribution in [2.24, 2.45) is 0 Å². The van der Waals surface area contributed by atoms with Crippen molar-refractivity contribution in [3.63, 3.8) is 0 Å². The molecule has 118 valence electrons. The van der Waals surface area contributed by atoms with Crippen LogP contribution in [0.5, 0.6) is 0 Å². The summed E-state index contributed by atoms with van der Waals surface area (Å²) < 4.78 is 0. The third-order valence-electron chi connectivity index (χ3n) is 4.04. The number of carbonyl (C=O) groups excluding carboxylic acids is 2. The molecule has 0 saturated carbocycles. The van der Waals surface area contributed by atoms with Crippen LogP contribution in [-0.4, -0.2) is 22.8 Å². The van der Waals surface area contributed by atoms with E-state index in [1.54, 1.807) is 17.3 Å². The van der Waals surface area contributed by atoms with Crippen LogP contribution in [0, 0.1) is 0 Å². The number of hydrogen-bond acceptors (Lipinski definition) is 3. The van der Waals surface area contributed by atoms with Crippen LogP contribution < -0.4 is 10.2 Å². The second-order valence-corrected chi connectivity index (χ2v) is 5.55. The second kappa shape index (κ2) is 6.60. The Morgan fingerprint density at radius 2 is 2.09 bits per heavy atom. The Balaban J connectivity index is 1.76. The summed E-state index contributed by atoms with van der Waals surface area (Å²) in [7, 11) is 0. The van der Waals surface area contributed by atoms with Crippen LogP contribution >= 0.6 is 0 Å². The molecule has 0 bridgehead atoms. The van der Waals surface area contributed by atoms with Crippen LogP contribution in [0.4, 0.5) is 5.69 Å². The molecule has 0 radical (unpaired) electrons. The number of aromatic nitrogens is 1. The van der Waals surface area contributed by atoms with Gasteiger partial charge in [-0.3, -0.25) is 19.5 Å². The smallest absolute Gasteiger partial charge is 0.243 e. The van der Waals surface area contributed by atoms with E-state index in [-0.39, 0.29) is 11.8 Å². The molecule has 23 heavy (non-hydrogen) atoms. The standard InChI is InChI=1S/C18H19N3O2/c1-2-17(22)21-15-8-4-3-7-14(15)10-16(21)18(23)20-12-13-6-5-9-19-11-13/h3-9,11,16H,2,10,12H2,1H3,(H,20,23)/t16-/m1/s1. The van der Waals surface area contributed by atoms with E-state index in [2.05, 4.69) is 10.3 Å². The quantitative estimate of drug-likeness (QED) is 0.940. The number of para-hydroxylation sites is 1. The normalized spacial score (nSPS) is 16.0. The van der Waals surface area contributed by atoms with Crippen LogP contribution in [0.25, 0.3) is 0 Å². The van der Waals surface area contributed by atoms with E-state index in [1.807, 2.05) is 43.3 Å². The van der Waals surface area contributed by atoms with E-state index in [4.69, 9.17) is 0 Å². The molecule has 1 aliphatic heterocycles. The molecule has 1 aromatic heterocycles. The van der Waals surface area contributed by atoms with Gasteiger partial charge in [-0.05, 0) is 23.3 Å². The van der Waals surface area contributed by atoms with Crippen molar-refractivity contribution in [2.45, 2.75) is 32.4 Å². The molecule has 1 atom stereocenters. The van der Waals surface area contributed by atoms with E-state index >= 15 is 0 Å². The van der Waals surface area contributed by atoms with Gasteiger partial charge in [-0.15, -0.1) is 0 Å². The van der Waals surface area contributed by atoms with Gasteiger partial charge in [-0.25, -0.2) is 0 Å². The zero-order valence-electron chi connectivity index (χ0n) is 13.0. The number of pyridine rings is 1. The predicted octanol–water partition coefficient (Wildman–Crippen LogP) is 2.07. The van der Waals surface area contributed by atoms with Crippen LogP contribution in [0.1, 0.15) is 24.5 Å². The average molecular weight is 309 g/mol. The summed E-state index contributed by atoms with van der Waals surface area (Å²) in [4.78, 5) is 30.6. The number of benzene rings is 1. The molecule has 0 saturated heterocycles. The molecular formula is C18H19N3O2. The SMILES string of the molecule is CCC(=O)N1c2ccccc2C[C@@H]1C(=O)NCc1cccnc1. The highest BCUT2D eigenvalue weighted by Gasteiger charge is 2.37. The topological polar surface area (TPSA) is 62.3 Å². The first kappa shape index (κ1) is 15.2. The van der Waals surface area contributed by atoms with E-state index in [0.717, 1.165) is 16.8 Å². The lowest BCUT2D eigenvalue weighted by molar-refractivity contribution is -0.126. The van der Waals surface area contributed by atoms with Gasteiger partial charge in [0.2, 0.25) is 11.8 Å². The number of carbonyl (C=O) groups is 2. The van der Waals surface area contributed by atoms with Crippen molar-refractivity contribution in [3.05, 3.63) is 59.9 Å². The highest BCUT2D eigenvalue weighted by Crippen LogP contribution is 2.32. The molecular weight excluding hydrogens is 290 g/mol. The van der Waals surface area contributed by atoms with Crippen LogP contribution in [-0.2, 0) is 22.6 Å². The van der Waals surface area contributed by atoms with Gasteiger partial charge in [-0.1, -0.05) is 31.2 Å². The van der Waals surface area contributed by atoms with Crippen LogP contribution in [0.3, 0.4) is 0 Å². The summed E-state index contributed by atoms with van der Waals surface area (Å²) in [5.74, 6) is -0.164. The minimum absolute atomic E-state index is 0.0310. The molecule has 0 fully saturated rings. The summed E-state index contributed by atoms with van der Waals surface area (Å²) in [6, 6.07) is 11.0. The Morgan fingerprint density at radius 1 is 1.26 bits per heavy atom. The first-order chi connectivity index (χ1) is 11.2. The van der Waals surface area contributed by atoms with Gasteiger partial charge in [0.15, 0.2) is 0 Å². The fourth-order valence-electron chi connectivity index (χ4n) is 2.88. The van der Waals surface area contributed by atoms with E-state index in [9.17, 15) is 9.59 Å². The molecule has 5 nitrogen and oxygen atoms in total. The van der Waals surface area contributed by atoms with Gasteiger partial charge < -0.3 is 5.32 Å². The number of fused-ring (bicyclic) bond motifs is 1. The predicted molar refractivity (Wildman–Crippen MR) is 87.8 cm³/mol. The van der Waals surface area contributed by atoms with Gasteiger partial charge in [0, 0.05) is 37.5 Å². The fourth-order valence-corrected chi connectivity index (χ4v) is 2.88. The molecule has 1 aromatic carbocycles. The fraction of sp³-hybridized carbons (Fsp3) is 0.278. The third kappa shape index (κ3) is 3.08. The van der Waals surface area contributed by atoms with Gasteiger partial charge >= 0.3 is 0 Å². The molecule has 1 aliphatic rings. The molecule has 0 spiro atoms. The lowest BCUT2D eigenvalue weighted by Gasteiger charge is -2.24. The number of hydrogen-bond donors (Lipinski definition) is 1. The first-order valence-electron chi connectivity index (χ1n) is 7.77. The molecule has 2 amide bonds. The highest BCUT2D eigenvalue weighted by molar-refractivity contribution is 6.03. The third-order valence-corrected chi connectivity index (χ3v) is 4.04. The lowest BCUT2D eigenvalue weighted by Crippen LogP contribution is -2.47. The van der Waals surface area contributed by atoms with Crippen molar-refractivity contribution in [1.82, 2.24) is 10.3 Å². The van der Waals surface area contributed by atoms with Crippen molar-refractivity contribution in [2.75, 3.05) is 4.90 Å². The van der Waals surface area contributed by atoms with Crippen LogP contribution in [0.15, 0.2) is 48.8 Å². The Hall–Kier alpha value is -2.69. The van der Waals surface area contributed by atoms with Gasteiger partial charge in [-0.2, -0.15) is 0 Å². The van der Waals surface area contributed by atoms with E-state index in [0.29, 0.717) is 19.4 Å². The molecule has 3 rings (SSSR count). The van der Waals surface area contributed by atoms with E-state index in [1.165, 1.54) is 0 Å². The van der Waals surface area contributed by atoms with Crippen molar-refractivity contribution < 1.29 is 9.59 Å². The lowest BCUT2D eigenvalue weighted by atomic mass is 10.1. The van der Waals surface area contributed by atoms with Gasteiger partial charge in [0.25, 0.3) is 0 Å². The monoisotopic (exact) mass is 309 g/mol. The maximum atomic E-state index is 12.6. The zero-order chi connectivity index (χ0) is 16.2. The highest BCUT2D eigenvalue weighted by atomic mass is 16.2. The molecule has 2 aromatic rings. The number of anilines is 1. The number of amides is 2. The molecule has 0 unspecified atom stereocenters. The number of nitrogens with one attached hydrogen (secondary N) is 1. The van der Waals surface area contributed by atoms with E-state index < -0.39 is 6.04 Å². The summed E-state index contributed by atoms with van der Waals surface area (Å²) in [5.41, 5.74) is 2.82. The van der Waals surface area contributed by atoms with Crippen molar-refractivity contribution in [1.29, 1.82) is 0 Å². The minimum Gasteiger partial charge on any atom is -0.350 e. The average Bonchev–Trinajstić information content (AvgIpc) is 2.99. The summed E-state index contributed by atoms with van der Waals surface area (Å²) in [6.07, 6.45) is 4.35. The zero-order valence-corrected chi connectivity index (χ0v) is 13.0. The Labute approximate surface area is 135 Å². The molecule has 1 N–H and O–H groups in total. The summed E-state index contributed by atoms with van der Waals surface area (Å²) >= 11 is 0. The maximum Gasteiger partial charge on any atom is 0.243 e. The van der Waals surface area contributed by atoms with Crippen molar-refractivity contribution >= 4 is 17.5 Å².